The molecule has 0 bridgehead atoms. The highest BCUT2D eigenvalue weighted by atomic mass is 16.6. The van der Waals surface area contributed by atoms with Crippen LogP contribution in [0.3, 0.4) is 0 Å². The van der Waals surface area contributed by atoms with Crippen LogP contribution in [0.25, 0.3) is 10.8 Å². The summed E-state index contributed by atoms with van der Waals surface area (Å²) < 4.78 is 5.50. The number of hydrogen-bond acceptors (Lipinski definition) is 4. The average molecular weight is 475 g/mol. The first kappa shape index (κ1) is 25.9. The smallest absolute Gasteiger partial charge is 0.329 e. The van der Waals surface area contributed by atoms with Gasteiger partial charge in [-0.25, -0.2) is 4.79 Å². The van der Waals surface area contributed by atoms with E-state index in [0.29, 0.717) is 24.8 Å². The number of carbonyl (C=O) groups is 3. The molecule has 0 radical (unpaired) electrons. The lowest BCUT2D eigenvalue weighted by molar-refractivity contribution is -0.159. The molecule has 2 N–H and O–H groups in total. The SMILES string of the molecule is CCC[C@H](NC(=O)[C@@H](Cc1ccccc1)NC(=O)c1ccc2ccccc2c1)C(=O)OC(C)(C)C. The van der Waals surface area contributed by atoms with Crippen molar-refractivity contribution in [3.8, 4) is 0 Å². The topological polar surface area (TPSA) is 84.5 Å². The fourth-order valence-corrected chi connectivity index (χ4v) is 3.81. The zero-order valence-corrected chi connectivity index (χ0v) is 20.8. The van der Waals surface area contributed by atoms with Crippen molar-refractivity contribution in [1.29, 1.82) is 0 Å². The van der Waals surface area contributed by atoms with Crippen LogP contribution in [0.2, 0.25) is 0 Å². The molecule has 3 aromatic rings. The lowest BCUT2D eigenvalue weighted by Crippen LogP contribution is -2.53. The molecule has 0 aliphatic rings. The molecule has 0 aliphatic carbocycles. The Balaban J connectivity index is 1.81. The van der Waals surface area contributed by atoms with Crippen molar-refractivity contribution in [2.24, 2.45) is 0 Å². The number of rotatable bonds is 9. The molecule has 0 spiro atoms. The second-order valence-corrected chi connectivity index (χ2v) is 9.66. The van der Waals surface area contributed by atoms with Crippen LogP contribution >= 0.6 is 0 Å². The predicted octanol–water partition coefficient (Wildman–Crippen LogP) is 4.81. The normalized spacial score (nSPS) is 13.0. The molecule has 6 heteroatoms. The van der Waals surface area contributed by atoms with Gasteiger partial charge in [-0.3, -0.25) is 9.59 Å². The molecule has 6 nitrogen and oxygen atoms in total. The van der Waals surface area contributed by atoms with E-state index in [4.69, 9.17) is 4.74 Å². The molecule has 0 unspecified atom stereocenters. The summed E-state index contributed by atoms with van der Waals surface area (Å²) in [5.74, 6) is -1.25. The molecule has 0 aliphatic heterocycles. The van der Waals surface area contributed by atoms with Gasteiger partial charge in [-0.2, -0.15) is 0 Å². The first-order valence-electron chi connectivity index (χ1n) is 12.0. The Morgan fingerprint density at radius 2 is 1.49 bits per heavy atom. The van der Waals surface area contributed by atoms with Crippen LogP contribution < -0.4 is 10.6 Å². The Bertz CT molecular complexity index is 1170. The van der Waals surface area contributed by atoms with Crippen LogP contribution in [0.5, 0.6) is 0 Å². The second kappa shape index (κ2) is 11.6. The van der Waals surface area contributed by atoms with Gasteiger partial charge in [0.15, 0.2) is 0 Å². The van der Waals surface area contributed by atoms with Crippen molar-refractivity contribution in [2.45, 2.75) is 64.6 Å². The van der Waals surface area contributed by atoms with Gasteiger partial charge < -0.3 is 15.4 Å². The van der Waals surface area contributed by atoms with Crippen molar-refractivity contribution < 1.29 is 19.1 Å². The maximum absolute atomic E-state index is 13.3. The van der Waals surface area contributed by atoms with Gasteiger partial charge in [-0.1, -0.05) is 74.0 Å². The monoisotopic (exact) mass is 474 g/mol. The van der Waals surface area contributed by atoms with Gasteiger partial charge in [-0.05, 0) is 55.7 Å². The maximum Gasteiger partial charge on any atom is 0.329 e. The minimum atomic E-state index is -0.863. The summed E-state index contributed by atoms with van der Waals surface area (Å²) in [6.07, 6.45) is 1.42. The summed E-state index contributed by atoms with van der Waals surface area (Å²) in [5, 5.41) is 7.67. The fraction of sp³-hybridized carbons (Fsp3) is 0.345. The highest BCUT2D eigenvalue weighted by Crippen LogP contribution is 2.16. The molecule has 2 amide bonds. The van der Waals surface area contributed by atoms with E-state index in [2.05, 4.69) is 10.6 Å². The summed E-state index contributed by atoms with van der Waals surface area (Å²) in [5.41, 5.74) is 0.698. The van der Waals surface area contributed by atoms with Crippen molar-refractivity contribution in [3.05, 3.63) is 83.9 Å². The first-order chi connectivity index (χ1) is 16.7. The highest BCUT2D eigenvalue weighted by molar-refractivity contribution is 6.01. The van der Waals surface area contributed by atoms with E-state index in [1.54, 1.807) is 26.8 Å². The number of benzene rings is 3. The lowest BCUT2D eigenvalue weighted by Gasteiger charge is -2.26. The zero-order chi connectivity index (χ0) is 25.4. The summed E-state index contributed by atoms with van der Waals surface area (Å²) in [6, 6.07) is 21.0. The van der Waals surface area contributed by atoms with Crippen molar-refractivity contribution >= 4 is 28.6 Å². The van der Waals surface area contributed by atoms with Crippen LogP contribution in [0.1, 0.15) is 56.5 Å². The third-order valence-electron chi connectivity index (χ3n) is 5.50. The van der Waals surface area contributed by atoms with Gasteiger partial charge in [0.2, 0.25) is 5.91 Å². The molecule has 0 heterocycles. The van der Waals surface area contributed by atoms with E-state index < -0.39 is 29.6 Å². The van der Waals surface area contributed by atoms with Gasteiger partial charge in [0.25, 0.3) is 5.91 Å². The second-order valence-electron chi connectivity index (χ2n) is 9.66. The van der Waals surface area contributed by atoms with E-state index in [-0.39, 0.29) is 5.91 Å². The average Bonchev–Trinajstić information content (AvgIpc) is 2.82. The van der Waals surface area contributed by atoms with Gasteiger partial charge in [0.05, 0.1) is 0 Å². The molecular formula is C29H34N2O4. The first-order valence-corrected chi connectivity index (χ1v) is 12.0. The highest BCUT2D eigenvalue weighted by Gasteiger charge is 2.29. The standard InChI is InChI=1S/C29H34N2O4/c1-5-11-24(28(34)35-29(2,3)4)30-27(33)25(18-20-12-7-6-8-13-20)31-26(32)23-17-16-21-14-9-10-15-22(21)19-23/h6-10,12-17,19,24-25H,5,11,18H2,1-4H3,(H,30,33)(H,31,32)/t24-,25+/m0/s1. The molecule has 0 aromatic heterocycles. The van der Waals surface area contributed by atoms with E-state index in [0.717, 1.165) is 16.3 Å². The van der Waals surface area contributed by atoms with Crippen LogP contribution in [0.15, 0.2) is 72.8 Å². The molecule has 2 atom stereocenters. The Morgan fingerprint density at radius 3 is 2.14 bits per heavy atom. The Kier molecular flexibility index (Phi) is 8.63. The van der Waals surface area contributed by atoms with Crippen LogP contribution in [-0.2, 0) is 20.7 Å². The van der Waals surface area contributed by atoms with Gasteiger partial charge in [-0.15, -0.1) is 0 Å². The molecule has 0 saturated carbocycles. The molecule has 3 aromatic carbocycles. The van der Waals surface area contributed by atoms with Gasteiger partial charge in [0, 0.05) is 12.0 Å². The van der Waals surface area contributed by atoms with Gasteiger partial charge in [0.1, 0.15) is 17.7 Å². The number of fused-ring (bicyclic) bond motifs is 1. The lowest BCUT2D eigenvalue weighted by atomic mass is 10.0. The van der Waals surface area contributed by atoms with Crippen LogP contribution in [-0.4, -0.2) is 35.5 Å². The summed E-state index contributed by atoms with van der Waals surface area (Å²) in [6.45, 7) is 7.31. The number of esters is 1. The minimum Gasteiger partial charge on any atom is -0.458 e. The summed E-state index contributed by atoms with van der Waals surface area (Å²) in [7, 11) is 0. The summed E-state index contributed by atoms with van der Waals surface area (Å²) >= 11 is 0. The molecule has 184 valence electrons. The van der Waals surface area contributed by atoms with Gasteiger partial charge >= 0.3 is 5.97 Å². The third-order valence-corrected chi connectivity index (χ3v) is 5.50. The van der Waals surface area contributed by atoms with E-state index in [1.807, 2.05) is 73.7 Å². The number of nitrogens with one attached hydrogen (secondary N) is 2. The Morgan fingerprint density at radius 1 is 0.829 bits per heavy atom. The molecule has 35 heavy (non-hydrogen) atoms. The molecule has 3 rings (SSSR count). The van der Waals surface area contributed by atoms with E-state index in [1.165, 1.54) is 0 Å². The van der Waals surface area contributed by atoms with Crippen molar-refractivity contribution in [1.82, 2.24) is 10.6 Å². The quantitative estimate of drug-likeness (QED) is 0.436. The Labute approximate surface area is 207 Å². The van der Waals surface area contributed by atoms with E-state index >= 15 is 0 Å². The number of carbonyl (C=O) groups excluding carboxylic acids is 3. The Hall–Kier alpha value is -3.67. The largest absolute Gasteiger partial charge is 0.458 e. The zero-order valence-electron chi connectivity index (χ0n) is 20.8. The number of hydrogen-bond donors (Lipinski definition) is 2. The predicted molar refractivity (Wildman–Crippen MR) is 138 cm³/mol. The number of ether oxygens (including phenoxy) is 1. The van der Waals surface area contributed by atoms with Crippen LogP contribution in [0.4, 0.5) is 0 Å². The minimum absolute atomic E-state index is 0.291. The van der Waals surface area contributed by atoms with E-state index in [9.17, 15) is 14.4 Å². The van der Waals surface area contributed by atoms with Crippen molar-refractivity contribution in [2.75, 3.05) is 0 Å². The maximum atomic E-state index is 13.3. The fourth-order valence-electron chi connectivity index (χ4n) is 3.81. The van der Waals surface area contributed by atoms with Crippen molar-refractivity contribution in [3.63, 3.8) is 0 Å². The number of amides is 2. The van der Waals surface area contributed by atoms with Crippen LogP contribution in [0, 0.1) is 0 Å². The molecular weight excluding hydrogens is 440 g/mol. The summed E-state index contributed by atoms with van der Waals surface area (Å²) in [4.78, 5) is 39.2. The molecule has 0 saturated heterocycles. The third kappa shape index (κ3) is 7.67. The molecule has 0 fully saturated rings.